The molecule has 1 aliphatic rings. The van der Waals surface area contributed by atoms with Crippen LogP contribution in [0, 0.1) is 6.92 Å². The van der Waals surface area contributed by atoms with Crippen molar-refractivity contribution in [2.75, 3.05) is 31.6 Å². The third kappa shape index (κ3) is 3.99. The molecule has 4 rings (SSSR count). The fourth-order valence-corrected chi connectivity index (χ4v) is 4.20. The summed E-state index contributed by atoms with van der Waals surface area (Å²) >= 11 is 0. The molecule has 2 aromatic heterocycles. The number of aryl methyl sites for hydroxylation is 1. The molecule has 0 radical (unpaired) electrons. The van der Waals surface area contributed by atoms with Crippen molar-refractivity contribution in [3.8, 4) is 0 Å². The van der Waals surface area contributed by atoms with Crippen molar-refractivity contribution >= 4 is 22.5 Å². The highest BCUT2D eigenvalue weighted by molar-refractivity contribution is 5.94. The van der Waals surface area contributed by atoms with Crippen molar-refractivity contribution < 1.29 is 9.90 Å². The van der Waals surface area contributed by atoms with Gasteiger partial charge in [0.05, 0.1) is 12.1 Å². The van der Waals surface area contributed by atoms with E-state index in [2.05, 4.69) is 14.9 Å². The monoisotopic (exact) mass is 405 g/mol. The highest BCUT2D eigenvalue weighted by Gasteiger charge is 2.38. The zero-order chi connectivity index (χ0) is 21.3. The predicted octanol–water partition coefficient (Wildman–Crippen LogP) is 2.11. The molecule has 1 fully saturated rings. The number of hydrogen-bond donors (Lipinski definition) is 2. The number of hydrogen-bond acceptors (Lipinski definition) is 6. The van der Waals surface area contributed by atoms with Crippen molar-refractivity contribution in [2.45, 2.75) is 25.5 Å². The topological polar surface area (TPSA) is 95.6 Å². The van der Waals surface area contributed by atoms with Crippen LogP contribution in [0.2, 0.25) is 0 Å². The minimum Gasteiger partial charge on any atom is -0.386 e. The first-order chi connectivity index (χ1) is 14.4. The maximum absolute atomic E-state index is 12.9. The maximum atomic E-state index is 12.9. The Morgan fingerprint density at radius 1 is 1.33 bits per heavy atom. The van der Waals surface area contributed by atoms with Gasteiger partial charge in [0.2, 0.25) is 0 Å². The molecule has 1 atom stereocenters. The molecule has 0 saturated carbocycles. The predicted molar refractivity (Wildman–Crippen MR) is 117 cm³/mol. The van der Waals surface area contributed by atoms with Crippen molar-refractivity contribution in [3.63, 3.8) is 0 Å². The molecule has 3 aromatic rings. The van der Waals surface area contributed by atoms with Crippen LogP contribution in [0.3, 0.4) is 0 Å². The second kappa shape index (κ2) is 8.01. The van der Waals surface area contributed by atoms with Crippen LogP contribution in [0.15, 0.2) is 48.8 Å². The number of aromatic nitrogens is 2. The number of nitrogens with two attached hydrogens (primary N) is 1. The van der Waals surface area contributed by atoms with E-state index in [1.807, 2.05) is 43.5 Å². The highest BCUT2D eigenvalue weighted by atomic mass is 16.3. The lowest BCUT2D eigenvalue weighted by Gasteiger charge is -2.30. The fourth-order valence-electron chi connectivity index (χ4n) is 4.20. The summed E-state index contributed by atoms with van der Waals surface area (Å²) < 4.78 is 0. The Balaban J connectivity index is 1.51. The summed E-state index contributed by atoms with van der Waals surface area (Å²) in [5, 5.41) is 12.2. The van der Waals surface area contributed by atoms with Gasteiger partial charge in [-0.15, -0.1) is 0 Å². The van der Waals surface area contributed by atoms with Crippen LogP contribution >= 0.6 is 0 Å². The minimum atomic E-state index is -0.985. The van der Waals surface area contributed by atoms with E-state index >= 15 is 0 Å². The van der Waals surface area contributed by atoms with Gasteiger partial charge in [0.25, 0.3) is 5.91 Å². The van der Waals surface area contributed by atoms with Gasteiger partial charge in [0.1, 0.15) is 5.60 Å². The van der Waals surface area contributed by atoms with Crippen LogP contribution in [-0.2, 0) is 6.54 Å². The molecule has 1 unspecified atom stereocenters. The molecule has 3 heterocycles. The van der Waals surface area contributed by atoms with Gasteiger partial charge in [-0.05, 0) is 43.2 Å². The second-order valence-corrected chi connectivity index (χ2v) is 8.14. The number of β-amino-alcohol motifs (C(OH)–C–C–N with tert-alkyl or cyclic N) is 1. The number of fused-ring (bicyclic) bond motifs is 1. The number of carbonyl (C=O) groups is 1. The first-order valence-corrected chi connectivity index (χ1v) is 10.1. The Morgan fingerprint density at radius 3 is 2.97 bits per heavy atom. The minimum absolute atomic E-state index is 0.119. The van der Waals surface area contributed by atoms with Crippen molar-refractivity contribution in [3.05, 3.63) is 65.6 Å². The Labute approximate surface area is 176 Å². The lowest BCUT2D eigenvalue weighted by molar-refractivity contribution is 0.0264. The van der Waals surface area contributed by atoms with Crippen molar-refractivity contribution in [1.82, 2.24) is 14.9 Å². The zero-order valence-electron chi connectivity index (χ0n) is 17.4. The molecular weight excluding hydrogens is 378 g/mol. The number of anilines is 1. The fraction of sp³-hybridized carbons (Fsp3) is 0.348. The summed E-state index contributed by atoms with van der Waals surface area (Å²) in [7, 11) is 1.73. The van der Waals surface area contributed by atoms with Gasteiger partial charge in [-0.25, -0.2) is 0 Å². The smallest absolute Gasteiger partial charge is 0.253 e. The van der Waals surface area contributed by atoms with Gasteiger partial charge < -0.3 is 20.6 Å². The highest BCUT2D eigenvalue weighted by Crippen LogP contribution is 2.32. The molecular formula is C23H27N5O2. The van der Waals surface area contributed by atoms with E-state index in [0.29, 0.717) is 31.6 Å². The number of rotatable bonds is 5. The second-order valence-electron chi connectivity index (χ2n) is 8.14. The van der Waals surface area contributed by atoms with E-state index in [4.69, 9.17) is 5.73 Å². The average Bonchev–Trinajstić information content (AvgIpc) is 3.13. The van der Waals surface area contributed by atoms with Gasteiger partial charge in [0, 0.05) is 61.4 Å². The van der Waals surface area contributed by atoms with Gasteiger partial charge >= 0.3 is 0 Å². The number of pyridine rings is 2. The zero-order valence-corrected chi connectivity index (χ0v) is 17.4. The molecule has 0 bridgehead atoms. The number of aliphatic hydroxyl groups is 1. The average molecular weight is 406 g/mol. The number of amides is 1. The number of nitrogens with zero attached hydrogens (tertiary/aromatic N) is 4. The van der Waals surface area contributed by atoms with Crippen LogP contribution in [0.1, 0.15) is 28.0 Å². The van der Waals surface area contributed by atoms with E-state index in [-0.39, 0.29) is 12.5 Å². The molecule has 7 heteroatoms. The number of carbonyl (C=O) groups excluding carboxylic acids is 1. The lowest BCUT2D eigenvalue weighted by atomic mass is 10.0. The van der Waals surface area contributed by atoms with Crippen LogP contribution in [0.25, 0.3) is 10.9 Å². The molecule has 3 N–H and O–H groups in total. The third-order valence-corrected chi connectivity index (χ3v) is 5.68. The largest absolute Gasteiger partial charge is 0.386 e. The van der Waals surface area contributed by atoms with Crippen molar-refractivity contribution in [2.24, 2.45) is 5.73 Å². The van der Waals surface area contributed by atoms with E-state index in [1.165, 1.54) is 0 Å². The third-order valence-electron chi connectivity index (χ3n) is 5.68. The summed E-state index contributed by atoms with van der Waals surface area (Å²) in [5.41, 5.74) is 9.03. The van der Waals surface area contributed by atoms with E-state index in [1.54, 1.807) is 24.2 Å². The molecule has 1 saturated heterocycles. The first-order valence-electron chi connectivity index (χ1n) is 10.1. The normalized spacial score (nSPS) is 18.7. The molecule has 1 amide bonds. The summed E-state index contributed by atoms with van der Waals surface area (Å²) in [5.74, 6) is -0.119. The summed E-state index contributed by atoms with van der Waals surface area (Å²) in [4.78, 5) is 25.4. The van der Waals surface area contributed by atoms with E-state index in [0.717, 1.165) is 27.8 Å². The Hall–Kier alpha value is -3.03. The van der Waals surface area contributed by atoms with Gasteiger partial charge in [-0.2, -0.15) is 0 Å². The van der Waals surface area contributed by atoms with Crippen molar-refractivity contribution in [1.29, 1.82) is 0 Å². The van der Waals surface area contributed by atoms with E-state index < -0.39 is 5.60 Å². The molecule has 1 aliphatic heterocycles. The maximum Gasteiger partial charge on any atom is 0.253 e. The Kier molecular flexibility index (Phi) is 5.40. The van der Waals surface area contributed by atoms with Gasteiger partial charge in [0.15, 0.2) is 0 Å². The molecule has 0 aliphatic carbocycles. The molecule has 0 spiro atoms. The summed E-state index contributed by atoms with van der Waals surface area (Å²) in [6.07, 6.45) is 4.13. The Morgan fingerprint density at radius 2 is 2.17 bits per heavy atom. The molecule has 30 heavy (non-hydrogen) atoms. The molecule has 156 valence electrons. The van der Waals surface area contributed by atoms with Gasteiger partial charge in [-0.3, -0.25) is 14.8 Å². The van der Waals surface area contributed by atoms with Crippen LogP contribution < -0.4 is 10.6 Å². The van der Waals surface area contributed by atoms with Crippen LogP contribution in [0.5, 0.6) is 0 Å². The molecule has 1 aromatic carbocycles. The Bertz CT molecular complexity index is 1090. The van der Waals surface area contributed by atoms with Crippen LogP contribution in [0.4, 0.5) is 5.69 Å². The number of likely N-dealkylation sites (N-methyl/N-ethyl adjacent to an activating group) is 1. The number of benzene rings is 1. The molecule has 7 nitrogen and oxygen atoms in total. The SMILES string of the molecule is Cc1cc(N2CCC(O)(CN(C)C(=O)c3cccc(CN)c3)C2)c2cnccc2n1. The first kappa shape index (κ1) is 20.3. The quantitative estimate of drug-likeness (QED) is 0.675. The lowest BCUT2D eigenvalue weighted by Crippen LogP contribution is -2.45. The van der Waals surface area contributed by atoms with Crippen LogP contribution in [-0.4, -0.2) is 58.2 Å². The summed E-state index contributed by atoms with van der Waals surface area (Å²) in [6.45, 7) is 3.76. The summed E-state index contributed by atoms with van der Waals surface area (Å²) in [6, 6.07) is 11.2. The standard InChI is InChI=1S/C23H27N5O2/c1-16-10-21(19-13-25-8-6-20(19)26-16)28-9-7-23(30,15-28)14-27(2)22(29)18-5-3-4-17(11-18)12-24/h3-6,8,10-11,13,30H,7,9,12,14-15,24H2,1-2H3. The van der Waals surface area contributed by atoms with Gasteiger partial charge in [-0.1, -0.05) is 12.1 Å². The van der Waals surface area contributed by atoms with E-state index in [9.17, 15) is 9.90 Å².